The molecule has 0 rings (SSSR count). The van der Waals surface area contributed by atoms with E-state index in [9.17, 15) is 9.59 Å². The van der Waals surface area contributed by atoms with Crippen LogP contribution in [0.2, 0.25) is 0 Å². The molecule has 0 bridgehead atoms. The Morgan fingerprint density at radius 1 is 0.586 bits per heavy atom. The number of unbranched alkanes of at least 4 members (excludes halogenated alkanes) is 14. The molecule has 4 nitrogen and oxygen atoms in total. The summed E-state index contributed by atoms with van der Waals surface area (Å²) in [4.78, 5) is 23.4. The maximum atomic E-state index is 11.8. The number of nitrogens with one attached hydrogen (secondary N) is 1. The van der Waals surface area contributed by atoms with Crippen LogP contribution in [0.3, 0.4) is 0 Å². The molecule has 0 spiro atoms. The fourth-order valence-corrected chi connectivity index (χ4v) is 3.46. The Kier molecular flexibility index (Phi) is 22.4. The predicted octanol–water partition coefficient (Wildman–Crippen LogP) is 7.10. The molecule has 0 atom stereocenters. The van der Waals surface area contributed by atoms with Gasteiger partial charge >= 0.3 is 5.97 Å². The monoisotopic (exact) mass is 411 g/mol. The van der Waals surface area contributed by atoms with Gasteiger partial charge in [0, 0.05) is 19.4 Å². The van der Waals surface area contributed by atoms with Gasteiger partial charge in [-0.3, -0.25) is 9.59 Å². The second-order valence-electron chi connectivity index (χ2n) is 8.37. The maximum absolute atomic E-state index is 11.8. The van der Waals surface area contributed by atoms with E-state index in [0.29, 0.717) is 25.9 Å². The highest BCUT2D eigenvalue weighted by atomic mass is 16.5. The smallest absolute Gasteiger partial charge is 0.305 e. The lowest BCUT2D eigenvalue weighted by molar-refractivity contribution is -0.143. The van der Waals surface area contributed by atoms with Gasteiger partial charge in [-0.2, -0.15) is 0 Å². The summed E-state index contributed by atoms with van der Waals surface area (Å²) in [5.41, 5.74) is 0. The summed E-state index contributed by atoms with van der Waals surface area (Å²) in [6.07, 6.45) is 21.7. The van der Waals surface area contributed by atoms with Crippen molar-refractivity contribution in [3.63, 3.8) is 0 Å². The Balaban J connectivity index is 3.26. The molecule has 0 radical (unpaired) electrons. The molecule has 0 saturated carbocycles. The minimum Gasteiger partial charge on any atom is -0.466 e. The van der Waals surface area contributed by atoms with Gasteiger partial charge in [-0.15, -0.1) is 0 Å². The molecule has 0 unspecified atom stereocenters. The first-order chi connectivity index (χ1) is 14.2. The summed E-state index contributed by atoms with van der Waals surface area (Å²) in [7, 11) is 0. The molecule has 29 heavy (non-hydrogen) atoms. The quantitative estimate of drug-likeness (QED) is 0.153. The maximum Gasteiger partial charge on any atom is 0.305 e. The van der Waals surface area contributed by atoms with Gasteiger partial charge < -0.3 is 10.1 Å². The first-order valence-corrected chi connectivity index (χ1v) is 12.6. The van der Waals surface area contributed by atoms with Crippen molar-refractivity contribution >= 4 is 11.9 Å². The van der Waals surface area contributed by atoms with Gasteiger partial charge in [0.05, 0.1) is 6.61 Å². The van der Waals surface area contributed by atoms with E-state index in [4.69, 9.17) is 4.74 Å². The van der Waals surface area contributed by atoms with E-state index in [1.54, 1.807) is 0 Å². The van der Waals surface area contributed by atoms with Crippen LogP contribution in [-0.2, 0) is 14.3 Å². The molecule has 1 amide bonds. The number of carbonyl (C=O) groups is 2. The molecule has 1 N–H and O–H groups in total. The molecule has 0 saturated heterocycles. The highest BCUT2D eigenvalue weighted by Gasteiger charge is 2.06. The molecule has 0 aliphatic carbocycles. The Morgan fingerprint density at radius 2 is 1.07 bits per heavy atom. The summed E-state index contributed by atoms with van der Waals surface area (Å²) in [6.45, 7) is 5.71. The summed E-state index contributed by atoms with van der Waals surface area (Å²) in [6, 6.07) is 0. The highest BCUT2D eigenvalue weighted by Crippen LogP contribution is 2.11. The van der Waals surface area contributed by atoms with Gasteiger partial charge in [-0.1, -0.05) is 104 Å². The van der Waals surface area contributed by atoms with Gasteiger partial charge in [-0.05, 0) is 19.3 Å². The van der Waals surface area contributed by atoms with Crippen molar-refractivity contribution in [2.24, 2.45) is 0 Å². The molecule has 0 aliphatic rings. The van der Waals surface area contributed by atoms with Crippen LogP contribution in [0.5, 0.6) is 0 Å². The van der Waals surface area contributed by atoms with Crippen LogP contribution < -0.4 is 5.32 Å². The van der Waals surface area contributed by atoms with Crippen LogP contribution in [-0.4, -0.2) is 25.0 Å². The van der Waals surface area contributed by atoms with Crippen LogP contribution in [0.1, 0.15) is 136 Å². The van der Waals surface area contributed by atoms with E-state index >= 15 is 0 Å². The molecule has 4 heteroatoms. The highest BCUT2D eigenvalue weighted by molar-refractivity contribution is 5.76. The van der Waals surface area contributed by atoms with Crippen LogP contribution in [0, 0.1) is 0 Å². The van der Waals surface area contributed by atoms with Crippen molar-refractivity contribution in [3.8, 4) is 0 Å². The zero-order valence-corrected chi connectivity index (χ0v) is 19.6. The summed E-state index contributed by atoms with van der Waals surface area (Å²) < 4.78 is 5.18. The third kappa shape index (κ3) is 23.1. The molecule has 172 valence electrons. The summed E-state index contributed by atoms with van der Waals surface area (Å²) in [5, 5.41) is 2.97. The fraction of sp³-hybridized carbons (Fsp3) is 0.920. The van der Waals surface area contributed by atoms with E-state index in [-0.39, 0.29) is 11.9 Å². The van der Waals surface area contributed by atoms with Crippen molar-refractivity contribution in [3.05, 3.63) is 0 Å². The van der Waals surface area contributed by atoms with E-state index in [0.717, 1.165) is 25.8 Å². The Hall–Kier alpha value is -1.06. The zero-order chi connectivity index (χ0) is 21.4. The molecule has 0 fully saturated rings. The molecule has 0 aromatic heterocycles. The van der Waals surface area contributed by atoms with E-state index in [2.05, 4.69) is 19.2 Å². The first-order valence-electron chi connectivity index (χ1n) is 12.6. The van der Waals surface area contributed by atoms with Gasteiger partial charge in [0.25, 0.3) is 0 Å². The van der Waals surface area contributed by atoms with Crippen LogP contribution in [0.4, 0.5) is 0 Å². The van der Waals surface area contributed by atoms with Crippen LogP contribution in [0.15, 0.2) is 0 Å². The Morgan fingerprint density at radius 3 is 1.62 bits per heavy atom. The lowest BCUT2D eigenvalue weighted by atomic mass is 10.1. The number of carbonyl (C=O) groups excluding carboxylic acids is 2. The largest absolute Gasteiger partial charge is 0.466 e. The van der Waals surface area contributed by atoms with Gasteiger partial charge in [-0.25, -0.2) is 0 Å². The number of ether oxygens (including phenoxy) is 1. The average molecular weight is 412 g/mol. The third-order valence-corrected chi connectivity index (χ3v) is 5.40. The molecular formula is C25H49NO3. The number of rotatable bonds is 22. The Labute approximate surface area is 180 Å². The predicted molar refractivity (Wildman–Crippen MR) is 123 cm³/mol. The Bertz CT molecular complexity index is 371. The number of hydrogen-bond donors (Lipinski definition) is 1. The van der Waals surface area contributed by atoms with E-state index < -0.39 is 0 Å². The molecule has 0 aromatic carbocycles. The zero-order valence-electron chi connectivity index (χ0n) is 19.6. The average Bonchev–Trinajstić information content (AvgIpc) is 2.71. The number of hydrogen-bond acceptors (Lipinski definition) is 3. The van der Waals surface area contributed by atoms with Crippen LogP contribution >= 0.6 is 0 Å². The van der Waals surface area contributed by atoms with Crippen LogP contribution in [0.25, 0.3) is 0 Å². The third-order valence-electron chi connectivity index (χ3n) is 5.40. The van der Waals surface area contributed by atoms with E-state index in [1.165, 1.54) is 83.5 Å². The molecule has 0 aromatic rings. The topological polar surface area (TPSA) is 55.4 Å². The van der Waals surface area contributed by atoms with Gasteiger partial charge in [0.15, 0.2) is 0 Å². The lowest BCUT2D eigenvalue weighted by Gasteiger charge is -2.06. The van der Waals surface area contributed by atoms with Crippen molar-refractivity contribution in [2.75, 3.05) is 13.2 Å². The second-order valence-corrected chi connectivity index (χ2v) is 8.37. The normalized spacial score (nSPS) is 10.8. The molecule has 0 aliphatic heterocycles. The van der Waals surface area contributed by atoms with Crippen molar-refractivity contribution in [1.82, 2.24) is 5.32 Å². The number of esters is 1. The molecular weight excluding hydrogens is 362 g/mol. The summed E-state index contributed by atoms with van der Waals surface area (Å²) in [5.74, 6) is -0.112. The minimum atomic E-state index is -0.171. The standard InChI is InChI=1S/C25H49NO3/c1-3-5-7-9-10-11-12-13-14-15-16-17-22-26-24(27)20-19-21-25(28)29-23-18-8-6-4-2/h3-23H2,1-2H3,(H,26,27). The van der Waals surface area contributed by atoms with Crippen molar-refractivity contribution in [1.29, 1.82) is 0 Å². The molecule has 0 heterocycles. The van der Waals surface area contributed by atoms with E-state index in [1.807, 2.05) is 0 Å². The van der Waals surface area contributed by atoms with Crippen molar-refractivity contribution < 1.29 is 14.3 Å². The van der Waals surface area contributed by atoms with Gasteiger partial charge in [0.1, 0.15) is 0 Å². The number of amides is 1. The second kappa shape index (κ2) is 23.2. The van der Waals surface area contributed by atoms with Gasteiger partial charge in [0.2, 0.25) is 5.91 Å². The summed E-state index contributed by atoms with van der Waals surface area (Å²) >= 11 is 0. The SMILES string of the molecule is CCCCCCCCCCCCCCNC(=O)CCCC(=O)OCCCCCC. The first kappa shape index (κ1) is 27.9. The fourth-order valence-electron chi connectivity index (χ4n) is 3.46. The van der Waals surface area contributed by atoms with Crippen molar-refractivity contribution in [2.45, 2.75) is 136 Å². The minimum absolute atomic E-state index is 0.0591. The lowest BCUT2D eigenvalue weighted by Crippen LogP contribution is -2.24.